The molecule has 2 rings (SSSR count). The van der Waals surface area contributed by atoms with Crippen molar-refractivity contribution in [2.24, 2.45) is 4.99 Å². The topological polar surface area (TPSA) is 49.3 Å². The van der Waals surface area contributed by atoms with Gasteiger partial charge in [-0.15, -0.1) is 35.3 Å². The van der Waals surface area contributed by atoms with Crippen molar-refractivity contribution in [1.82, 2.24) is 15.6 Å². The van der Waals surface area contributed by atoms with Gasteiger partial charge in [-0.3, -0.25) is 4.99 Å². The summed E-state index contributed by atoms with van der Waals surface area (Å²) in [7, 11) is 1.84. The number of hydrogen-bond donors (Lipinski definition) is 2. The lowest BCUT2D eigenvalue weighted by atomic mass is 10.2. The van der Waals surface area contributed by atoms with Gasteiger partial charge < -0.3 is 10.6 Å². The zero-order chi connectivity index (χ0) is 13.3. The van der Waals surface area contributed by atoms with E-state index in [4.69, 9.17) is 0 Å². The number of hydrogen-bond acceptors (Lipinski definition) is 4. The van der Waals surface area contributed by atoms with Gasteiger partial charge in [-0.1, -0.05) is 24.6 Å². The van der Waals surface area contributed by atoms with Gasteiger partial charge in [0.1, 0.15) is 4.34 Å². The zero-order valence-corrected chi connectivity index (χ0v) is 15.8. The fourth-order valence-corrected chi connectivity index (χ4v) is 3.83. The van der Waals surface area contributed by atoms with Crippen LogP contribution in [0.2, 0.25) is 0 Å². The molecule has 0 spiro atoms. The van der Waals surface area contributed by atoms with E-state index in [1.54, 1.807) is 11.3 Å². The van der Waals surface area contributed by atoms with Crippen molar-refractivity contribution in [2.45, 2.75) is 42.5 Å². The molecule has 1 saturated carbocycles. The molecule has 1 aromatic heterocycles. The van der Waals surface area contributed by atoms with E-state index in [0.717, 1.165) is 29.0 Å². The average molecular weight is 426 g/mol. The second-order valence-electron chi connectivity index (χ2n) is 4.62. The maximum Gasteiger partial charge on any atom is 0.191 e. The lowest BCUT2D eigenvalue weighted by Crippen LogP contribution is -2.42. The normalized spacial score (nSPS) is 15.9. The number of nitrogens with zero attached hydrogens (tertiary/aromatic N) is 2. The highest BCUT2D eigenvalue weighted by Gasteiger charge is 2.15. The molecular weight excluding hydrogens is 403 g/mol. The molecule has 1 aromatic rings. The highest BCUT2D eigenvalue weighted by Crippen LogP contribution is 2.20. The Kier molecular flexibility index (Phi) is 9.62. The number of aromatic nitrogens is 1. The molecule has 7 heteroatoms. The summed E-state index contributed by atoms with van der Waals surface area (Å²) >= 11 is 3.53. The first kappa shape index (κ1) is 18.0. The summed E-state index contributed by atoms with van der Waals surface area (Å²) in [5, 5.41) is 8.90. The van der Waals surface area contributed by atoms with Gasteiger partial charge in [0.15, 0.2) is 5.96 Å². The first-order valence-corrected chi connectivity index (χ1v) is 8.74. The molecular formula is C13H23IN4S2. The smallest absolute Gasteiger partial charge is 0.191 e. The van der Waals surface area contributed by atoms with Gasteiger partial charge >= 0.3 is 0 Å². The Morgan fingerprint density at radius 3 is 2.95 bits per heavy atom. The van der Waals surface area contributed by atoms with Gasteiger partial charge in [0.25, 0.3) is 0 Å². The highest BCUT2D eigenvalue weighted by molar-refractivity contribution is 14.0. The molecule has 0 radical (unpaired) electrons. The SMILES string of the molecule is CN=C(NCCCSc1nccs1)NC1CCCC1.I. The van der Waals surface area contributed by atoms with Crippen molar-refractivity contribution in [2.75, 3.05) is 19.3 Å². The van der Waals surface area contributed by atoms with Crippen molar-refractivity contribution in [3.05, 3.63) is 11.6 Å². The van der Waals surface area contributed by atoms with Gasteiger partial charge in [0.2, 0.25) is 0 Å². The first-order valence-electron chi connectivity index (χ1n) is 6.88. The van der Waals surface area contributed by atoms with Crippen LogP contribution in [0.5, 0.6) is 0 Å². The van der Waals surface area contributed by atoms with Crippen molar-refractivity contribution in [3.63, 3.8) is 0 Å². The minimum atomic E-state index is 0. The Hall–Kier alpha value is -0.0200. The molecule has 4 nitrogen and oxygen atoms in total. The monoisotopic (exact) mass is 426 g/mol. The van der Waals surface area contributed by atoms with Crippen LogP contribution in [0.15, 0.2) is 20.9 Å². The van der Waals surface area contributed by atoms with Crippen LogP contribution in [0, 0.1) is 0 Å². The fraction of sp³-hybridized carbons (Fsp3) is 0.692. The molecule has 2 N–H and O–H groups in total. The second-order valence-corrected chi connectivity index (χ2v) is 6.86. The molecule has 0 aliphatic heterocycles. The molecule has 0 atom stereocenters. The van der Waals surface area contributed by atoms with E-state index in [9.17, 15) is 0 Å². The first-order chi connectivity index (χ1) is 9.38. The number of thiazole rings is 1. The van der Waals surface area contributed by atoms with Crippen molar-refractivity contribution in [3.8, 4) is 0 Å². The molecule has 1 aliphatic carbocycles. The van der Waals surface area contributed by atoms with Gasteiger partial charge in [-0.05, 0) is 19.3 Å². The van der Waals surface area contributed by atoms with E-state index >= 15 is 0 Å². The summed E-state index contributed by atoms with van der Waals surface area (Å²) in [5.74, 6) is 2.05. The van der Waals surface area contributed by atoms with Crippen LogP contribution < -0.4 is 10.6 Å². The summed E-state index contributed by atoms with van der Waals surface area (Å²) in [6.07, 6.45) is 8.23. The van der Waals surface area contributed by atoms with E-state index in [0.29, 0.717) is 6.04 Å². The van der Waals surface area contributed by atoms with Crippen LogP contribution in [-0.2, 0) is 0 Å². The molecule has 0 unspecified atom stereocenters. The minimum absolute atomic E-state index is 0. The van der Waals surface area contributed by atoms with E-state index in [1.807, 2.05) is 30.4 Å². The van der Waals surface area contributed by atoms with Gasteiger partial charge in [-0.25, -0.2) is 4.98 Å². The molecule has 1 heterocycles. The third-order valence-corrected chi connectivity index (χ3v) is 5.22. The molecule has 114 valence electrons. The Bertz CT molecular complexity index is 378. The van der Waals surface area contributed by atoms with Gasteiger partial charge in [-0.2, -0.15) is 0 Å². The Labute approximate surface area is 146 Å². The lowest BCUT2D eigenvalue weighted by Gasteiger charge is -2.16. The third-order valence-electron chi connectivity index (χ3n) is 3.17. The molecule has 0 aromatic carbocycles. The van der Waals surface area contributed by atoms with Crippen molar-refractivity contribution < 1.29 is 0 Å². The summed E-state index contributed by atoms with van der Waals surface area (Å²) in [6, 6.07) is 0.621. The Balaban J connectivity index is 0.00000200. The van der Waals surface area contributed by atoms with Crippen LogP contribution in [0.4, 0.5) is 0 Å². The summed E-state index contributed by atoms with van der Waals surface area (Å²) in [4.78, 5) is 8.54. The standard InChI is InChI=1S/C13H22N4S2.HI/c1-14-12(17-11-5-2-3-6-11)15-7-4-9-18-13-16-8-10-19-13;/h8,10-11H,2-7,9H2,1H3,(H2,14,15,17);1H. The maximum atomic E-state index is 4.28. The Morgan fingerprint density at radius 2 is 2.30 bits per heavy atom. The number of nitrogens with one attached hydrogen (secondary N) is 2. The van der Waals surface area contributed by atoms with Crippen LogP contribution in [0.25, 0.3) is 0 Å². The summed E-state index contributed by atoms with van der Waals surface area (Å²) in [6.45, 7) is 0.963. The highest BCUT2D eigenvalue weighted by atomic mass is 127. The lowest BCUT2D eigenvalue weighted by molar-refractivity contribution is 0.613. The van der Waals surface area contributed by atoms with E-state index < -0.39 is 0 Å². The van der Waals surface area contributed by atoms with Crippen LogP contribution in [-0.4, -0.2) is 36.3 Å². The third kappa shape index (κ3) is 6.62. The number of guanidine groups is 1. The van der Waals surface area contributed by atoms with Crippen LogP contribution >= 0.6 is 47.1 Å². The minimum Gasteiger partial charge on any atom is -0.356 e. The second kappa shape index (κ2) is 10.7. The molecule has 20 heavy (non-hydrogen) atoms. The zero-order valence-electron chi connectivity index (χ0n) is 11.8. The Morgan fingerprint density at radius 1 is 1.50 bits per heavy atom. The van der Waals surface area contributed by atoms with E-state index in [-0.39, 0.29) is 24.0 Å². The maximum absolute atomic E-state index is 4.28. The van der Waals surface area contributed by atoms with Gasteiger partial charge in [0.05, 0.1) is 0 Å². The quantitative estimate of drug-likeness (QED) is 0.241. The van der Waals surface area contributed by atoms with Crippen molar-refractivity contribution >= 4 is 53.0 Å². The number of thioether (sulfide) groups is 1. The largest absolute Gasteiger partial charge is 0.356 e. The van der Waals surface area contributed by atoms with Gasteiger partial charge in [0, 0.05) is 37.0 Å². The average Bonchev–Trinajstić information content (AvgIpc) is 3.10. The summed E-state index contributed by atoms with van der Waals surface area (Å²) in [5.41, 5.74) is 0. The summed E-state index contributed by atoms with van der Waals surface area (Å²) < 4.78 is 1.16. The molecule has 1 aliphatic rings. The molecule has 0 saturated heterocycles. The number of aliphatic imine (C=N–C) groups is 1. The predicted octanol–water partition coefficient (Wildman–Crippen LogP) is 3.35. The molecule has 0 amide bonds. The fourth-order valence-electron chi connectivity index (χ4n) is 2.18. The molecule has 0 bridgehead atoms. The van der Waals surface area contributed by atoms with E-state index in [1.165, 1.54) is 25.7 Å². The number of halogens is 1. The predicted molar refractivity (Wildman–Crippen MR) is 99.6 cm³/mol. The van der Waals surface area contributed by atoms with Crippen LogP contribution in [0.1, 0.15) is 32.1 Å². The molecule has 1 fully saturated rings. The van der Waals surface area contributed by atoms with E-state index in [2.05, 4.69) is 20.6 Å². The number of rotatable bonds is 6. The van der Waals surface area contributed by atoms with Crippen molar-refractivity contribution in [1.29, 1.82) is 0 Å². The van der Waals surface area contributed by atoms with Crippen LogP contribution in [0.3, 0.4) is 0 Å².